The topological polar surface area (TPSA) is 50.8 Å². The van der Waals surface area contributed by atoms with E-state index in [9.17, 15) is 4.79 Å². The van der Waals surface area contributed by atoms with E-state index in [1.54, 1.807) is 0 Å². The Kier molecular flexibility index (Phi) is 10.4. The number of allylic oxidation sites excluding steroid dienone is 1. The molecule has 3 aromatic carbocycles. The maximum Gasteiger partial charge on any atom is 0.412 e. The fourth-order valence-electron chi connectivity index (χ4n) is 4.83. The van der Waals surface area contributed by atoms with Crippen LogP contribution in [-0.4, -0.2) is 43.8 Å². The smallest absolute Gasteiger partial charge is 0.412 e. The van der Waals surface area contributed by atoms with E-state index < -0.39 is 6.09 Å². The number of amides is 1. The molecule has 5 heteroatoms. The van der Waals surface area contributed by atoms with Gasteiger partial charge in [0.25, 0.3) is 0 Å². The van der Waals surface area contributed by atoms with Crippen LogP contribution in [0.3, 0.4) is 0 Å². The largest absolute Gasteiger partial charge is 0.492 e. The molecule has 1 heterocycles. The van der Waals surface area contributed by atoms with Gasteiger partial charge in [-0.15, -0.1) is 0 Å². The molecule has 5 nitrogen and oxygen atoms in total. The molecule has 1 N–H and O–H groups in total. The van der Waals surface area contributed by atoms with Crippen molar-refractivity contribution in [2.24, 2.45) is 0 Å². The molecule has 0 spiro atoms. The molecule has 0 aliphatic carbocycles. The summed E-state index contributed by atoms with van der Waals surface area (Å²) in [5.41, 5.74) is 5.65. The Hall–Kier alpha value is -3.57. The number of rotatable bonds is 11. The number of piperidine rings is 1. The van der Waals surface area contributed by atoms with Gasteiger partial charge in [-0.3, -0.25) is 4.90 Å². The second-order valence-electron chi connectivity index (χ2n) is 9.84. The van der Waals surface area contributed by atoms with E-state index in [1.165, 1.54) is 43.5 Å². The van der Waals surface area contributed by atoms with Crippen molar-refractivity contribution < 1.29 is 14.3 Å². The van der Waals surface area contributed by atoms with E-state index in [0.29, 0.717) is 18.9 Å². The second kappa shape index (κ2) is 14.4. The Bertz CT molecular complexity index is 1170. The minimum Gasteiger partial charge on any atom is -0.492 e. The standard InChI is InChI=1S/C33H40N2O3/c1-3-4-21-34-33(36)38-31-19-15-29(16-20-31)32(26(2)27-11-7-5-8-12-27)28-13-17-30(18-14-28)37-25-24-35-22-9-6-10-23-35/h5,7-8,11-20H,3-4,6,9-10,21-25H2,1-2H3,(H,34,36)/b32-26+. The second-order valence-corrected chi connectivity index (χ2v) is 9.84. The molecule has 1 fully saturated rings. The van der Waals surface area contributed by atoms with E-state index in [1.807, 2.05) is 30.3 Å². The lowest BCUT2D eigenvalue weighted by molar-refractivity contribution is 0.183. The average Bonchev–Trinajstić information content (AvgIpc) is 2.96. The van der Waals surface area contributed by atoms with Gasteiger partial charge < -0.3 is 14.8 Å². The van der Waals surface area contributed by atoms with Gasteiger partial charge in [0.05, 0.1) is 0 Å². The van der Waals surface area contributed by atoms with Crippen molar-refractivity contribution in [1.82, 2.24) is 10.2 Å². The zero-order chi connectivity index (χ0) is 26.6. The number of ether oxygens (including phenoxy) is 2. The van der Waals surface area contributed by atoms with Crippen LogP contribution in [0.5, 0.6) is 11.5 Å². The van der Waals surface area contributed by atoms with Gasteiger partial charge in [0.15, 0.2) is 0 Å². The fraction of sp³-hybridized carbons (Fsp3) is 0.364. The molecular weight excluding hydrogens is 472 g/mol. The van der Waals surface area contributed by atoms with Gasteiger partial charge >= 0.3 is 6.09 Å². The van der Waals surface area contributed by atoms with Gasteiger partial charge in [-0.25, -0.2) is 4.79 Å². The van der Waals surface area contributed by atoms with E-state index in [0.717, 1.165) is 41.8 Å². The molecule has 4 rings (SSSR count). The Morgan fingerprint density at radius 1 is 0.816 bits per heavy atom. The molecule has 0 atom stereocenters. The molecule has 200 valence electrons. The van der Waals surface area contributed by atoms with E-state index in [2.05, 4.69) is 72.6 Å². The van der Waals surface area contributed by atoms with Crippen LogP contribution < -0.4 is 14.8 Å². The molecule has 1 aliphatic rings. The first-order valence-electron chi connectivity index (χ1n) is 13.9. The molecule has 0 aromatic heterocycles. The Labute approximate surface area is 227 Å². The van der Waals surface area contributed by atoms with Gasteiger partial charge in [0.2, 0.25) is 0 Å². The molecule has 0 unspecified atom stereocenters. The van der Waals surface area contributed by atoms with Crippen LogP contribution in [0.4, 0.5) is 4.79 Å². The van der Waals surface area contributed by atoms with Crippen molar-refractivity contribution in [3.63, 3.8) is 0 Å². The van der Waals surface area contributed by atoms with Crippen LogP contribution >= 0.6 is 0 Å². The number of carbonyl (C=O) groups excluding carboxylic acids is 1. The van der Waals surface area contributed by atoms with E-state index in [-0.39, 0.29) is 0 Å². The molecule has 1 aliphatic heterocycles. The van der Waals surface area contributed by atoms with Crippen molar-refractivity contribution in [1.29, 1.82) is 0 Å². The highest BCUT2D eigenvalue weighted by Crippen LogP contribution is 2.33. The summed E-state index contributed by atoms with van der Waals surface area (Å²) in [7, 11) is 0. The molecular formula is C33H40N2O3. The molecule has 0 radical (unpaired) electrons. The van der Waals surface area contributed by atoms with Gasteiger partial charge in [0.1, 0.15) is 18.1 Å². The molecule has 38 heavy (non-hydrogen) atoms. The first kappa shape index (κ1) is 27.5. The molecule has 1 saturated heterocycles. The lowest BCUT2D eigenvalue weighted by atomic mass is 9.90. The number of likely N-dealkylation sites (tertiary alicyclic amines) is 1. The summed E-state index contributed by atoms with van der Waals surface area (Å²) in [6.45, 7) is 8.91. The summed E-state index contributed by atoms with van der Waals surface area (Å²) in [5.74, 6) is 1.41. The fourth-order valence-corrected chi connectivity index (χ4v) is 4.83. The predicted molar refractivity (Wildman–Crippen MR) is 156 cm³/mol. The van der Waals surface area contributed by atoms with Crippen molar-refractivity contribution in [2.75, 3.05) is 32.8 Å². The molecule has 0 bridgehead atoms. The number of nitrogens with zero attached hydrogens (tertiary/aromatic N) is 1. The molecule has 0 saturated carbocycles. The van der Waals surface area contributed by atoms with Crippen molar-refractivity contribution in [3.8, 4) is 11.5 Å². The summed E-state index contributed by atoms with van der Waals surface area (Å²) in [6.07, 6.45) is 5.48. The number of benzene rings is 3. The average molecular weight is 513 g/mol. The van der Waals surface area contributed by atoms with Crippen LogP contribution in [0.1, 0.15) is 62.6 Å². The summed E-state index contributed by atoms with van der Waals surface area (Å²) in [4.78, 5) is 14.6. The predicted octanol–water partition coefficient (Wildman–Crippen LogP) is 7.42. The SMILES string of the molecule is CCCCNC(=O)Oc1ccc(/C(=C(\C)c2ccccc2)c2ccc(OCCN3CCCCC3)cc2)cc1. The maximum absolute atomic E-state index is 12.1. The number of hydrogen-bond donors (Lipinski definition) is 1. The molecule has 3 aromatic rings. The lowest BCUT2D eigenvalue weighted by Gasteiger charge is -2.26. The van der Waals surface area contributed by atoms with E-state index >= 15 is 0 Å². The summed E-state index contributed by atoms with van der Waals surface area (Å²) >= 11 is 0. The third-order valence-corrected chi connectivity index (χ3v) is 7.00. The van der Waals surface area contributed by atoms with Gasteiger partial charge in [-0.2, -0.15) is 0 Å². The zero-order valence-corrected chi connectivity index (χ0v) is 22.7. The lowest BCUT2D eigenvalue weighted by Crippen LogP contribution is -2.33. The third kappa shape index (κ3) is 7.96. The van der Waals surface area contributed by atoms with Crippen molar-refractivity contribution in [2.45, 2.75) is 46.0 Å². The first-order valence-corrected chi connectivity index (χ1v) is 13.9. The monoisotopic (exact) mass is 512 g/mol. The number of hydrogen-bond acceptors (Lipinski definition) is 4. The quantitative estimate of drug-likeness (QED) is 0.215. The van der Waals surface area contributed by atoms with Gasteiger partial charge in [-0.1, -0.05) is 74.4 Å². The molecule has 1 amide bonds. The first-order chi connectivity index (χ1) is 18.6. The Morgan fingerprint density at radius 3 is 2.08 bits per heavy atom. The van der Waals surface area contributed by atoms with Crippen molar-refractivity contribution in [3.05, 3.63) is 95.6 Å². The third-order valence-electron chi connectivity index (χ3n) is 7.00. The Balaban J connectivity index is 1.50. The van der Waals surface area contributed by atoms with Crippen LogP contribution in [-0.2, 0) is 0 Å². The summed E-state index contributed by atoms with van der Waals surface area (Å²) in [5, 5.41) is 2.79. The number of nitrogens with one attached hydrogen (secondary N) is 1. The highest BCUT2D eigenvalue weighted by molar-refractivity contribution is 5.98. The minimum absolute atomic E-state index is 0.418. The summed E-state index contributed by atoms with van der Waals surface area (Å²) < 4.78 is 11.5. The van der Waals surface area contributed by atoms with Crippen molar-refractivity contribution >= 4 is 17.2 Å². The normalized spacial score (nSPS) is 14.5. The number of unbranched alkanes of at least 4 members (excludes halogenated alkanes) is 1. The van der Waals surface area contributed by atoms with Gasteiger partial charge in [0, 0.05) is 13.1 Å². The van der Waals surface area contributed by atoms with E-state index in [4.69, 9.17) is 9.47 Å². The van der Waals surface area contributed by atoms with Crippen LogP contribution in [0.25, 0.3) is 11.1 Å². The zero-order valence-electron chi connectivity index (χ0n) is 22.7. The Morgan fingerprint density at radius 2 is 1.45 bits per heavy atom. The maximum atomic E-state index is 12.1. The van der Waals surface area contributed by atoms with Crippen LogP contribution in [0.15, 0.2) is 78.9 Å². The van der Waals surface area contributed by atoms with Crippen LogP contribution in [0.2, 0.25) is 0 Å². The minimum atomic E-state index is -0.418. The van der Waals surface area contributed by atoms with Crippen LogP contribution in [0, 0.1) is 0 Å². The van der Waals surface area contributed by atoms with Gasteiger partial charge in [-0.05, 0) is 91.4 Å². The highest BCUT2D eigenvalue weighted by Gasteiger charge is 2.13. The summed E-state index contributed by atoms with van der Waals surface area (Å²) in [6, 6.07) is 26.5. The highest BCUT2D eigenvalue weighted by atomic mass is 16.6. The number of carbonyl (C=O) groups is 1.